The molecule has 2 aromatic heterocycles. The number of hydrogen-bond acceptors (Lipinski definition) is 10. The number of rotatable bonds is 9. The molecule has 0 radical (unpaired) electrons. The van der Waals surface area contributed by atoms with Gasteiger partial charge in [-0.15, -0.1) is 0 Å². The molecule has 4 heterocycles. The zero-order valence-corrected chi connectivity index (χ0v) is 22.0. The van der Waals surface area contributed by atoms with E-state index < -0.39 is 24.2 Å². The summed E-state index contributed by atoms with van der Waals surface area (Å²) in [6.45, 7) is 4.55. The number of aliphatic hydroxyl groups excluding tert-OH is 1. The van der Waals surface area contributed by atoms with E-state index in [9.17, 15) is 5.11 Å². The first-order valence-corrected chi connectivity index (χ1v) is 12.8. The zero-order valence-electron chi connectivity index (χ0n) is 22.0. The van der Waals surface area contributed by atoms with Crippen LogP contribution in [0, 0.1) is 0 Å². The van der Waals surface area contributed by atoms with Gasteiger partial charge in [0.05, 0.1) is 20.0 Å². The summed E-state index contributed by atoms with van der Waals surface area (Å²) >= 11 is 0. The topological polar surface area (TPSA) is 122 Å². The summed E-state index contributed by atoms with van der Waals surface area (Å²) < 4.78 is 31.1. The molecule has 4 atom stereocenters. The second kappa shape index (κ2) is 10.4. The molecule has 11 heteroatoms. The van der Waals surface area contributed by atoms with Crippen molar-refractivity contribution in [2.24, 2.45) is 0 Å². The van der Waals surface area contributed by atoms with Crippen molar-refractivity contribution in [3.05, 3.63) is 72.3 Å². The van der Waals surface area contributed by atoms with E-state index in [1.165, 1.54) is 6.33 Å². The van der Waals surface area contributed by atoms with Crippen LogP contribution < -0.4 is 14.8 Å². The van der Waals surface area contributed by atoms with Gasteiger partial charge in [-0.25, -0.2) is 15.0 Å². The van der Waals surface area contributed by atoms with Crippen molar-refractivity contribution in [2.45, 2.75) is 57.3 Å². The number of nitrogens with zero attached hydrogens (tertiary/aromatic N) is 4. The quantitative estimate of drug-likeness (QED) is 0.331. The highest BCUT2D eigenvalue weighted by atomic mass is 16.8. The molecule has 0 bridgehead atoms. The zero-order chi connectivity index (χ0) is 27.0. The highest BCUT2D eigenvalue weighted by Crippen LogP contribution is 2.43. The van der Waals surface area contributed by atoms with Gasteiger partial charge in [0, 0.05) is 6.54 Å². The number of aliphatic hydroxyl groups is 1. The van der Waals surface area contributed by atoms with Crippen LogP contribution in [0.1, 0.15) is 31.2 Å². The molecular formula is C28H31N5O6. The van der Waals surface area contributed by atoms with E-state index in [0.29, 0.717) is 30.1 Å². The summed E-state index contributed by atoms with van der Waals surface area (Å²) in [6, 6.07) is 15.7. The number of anilines is 1. The predicted molar refractivity (Wildman–Crippen MR) is 141 cm³/mol. The first kappa shape index (κ1) is 25.5. The Hall–Kier alpha value is -3.77. The molecule has 2 fully saturated rings. The van der Waals surface area contributed by atoms with E-state index in [0.717, 1.165) is 22.6 Å². The molecule has 0 saturated carbocycles. The monoisotopic (exact) mass is 533 g/mol. The number of fused-ring (bicyclic) bond motifs is 2. The van der Waals surface area contributed by atoms with Crippen LogP contribution in [0.5, 0.6) is 11.5 Å². The van der Waals surface area contributed by atoms with Gasteiger partial charge in [-0.05, 0) is 49.2 Å². The first-order valence-electron chi connectivity index (χ1n) is 12.8. The molecule has 39 heavy (non-hydrogen) atoms. The Morgan fingerprint density at radius 1 is 0.949 bits per heavy atom. The second-order valence-corrected chi connectivity index (χ2v) is 9.99. The van der Waals surface area contributed by atoms with E-state index in [4.69, 9.17) is 23.7 Å². The lowest BCUT2D eigenvalue weighted by atomic mass is 10.1. The van der Waals surface area contributed by atoms with E-state index in [1.807, 2.05) is 66.9 Å². The molecule has 204 valence electrons. The minimum absolute atomic E-state index is 0.170. The first-order chi connectivity index (χ1) is 18.9. The number of benzene rings is 2. The number of imidazole rings is 1. The lowest BCUT2D eigenvalue weighted by Gasteiger charge is -2.24. The summed E-state index contributed by atoms with van der Waals surface area (Å²) in [4.78, 5) is 13.4. The summed E-state index contributed by atoms with van der Waals surface area (Å²) in [5, 5.41) is 13.2. The number of ether oxygens (including phenoxy) is 5. The van der Waals surface area contributed by atoms with Crippen LogP contribution in [0.4, 0.5) is 5.82 Å². The minimum Gasteiger partial charge on any atom is -0.497 e. The standard InChI is InChI=1S/C28H31N5O6/c1-28(2)38-23-21(13-34)37-27(24(23)39-28)33-16-32-22-25(30-15-31-26(22)33)29-12-17-4-10-20(11-5-17)36-14-18-6-8-19(35-3)9-7-18/h4-11,15-16,21,23-24,27,34H,12-14H2,1-3H3,(H,29,30,31)/t21-,23?,24+,27-/m1/s1. The van der Waals surface area contributed by atoms with Gasteiger partial charge in [-0.3, -0.25) is 4.57 Å². The molecule has 1 unspecified atom stereocenters. The molecule has 2 aromatic carbocycles. The molecule has 2 N–H and O–H groups in total. The number of aromatic nitrogens is 4. The minimum atomic E-state index is -0.765. The Bertz CT molecular complexity index is 1420. The van der Waals surface area contributed by atoms with E-state index in [2.05, 4.69) is 20.3 Å². The second-order valence-electron chi connectivity index (χ2n) is 9.99. The fraction of sp³-hybridized carbons (Fsp3) is 0.393. The molecule has 0 spiro atoms. The maximum atomic E-state index is 9.82. The molecule has 2 saturated heterocycles. The third-order valence-corrected chi connectivity index (χ3v) is 6.89. The molecule has 0 aliphatic carbocycles. The Morgan fingerprint density at radius 2 is 1.67 bits per heavy atom. The van der Waals surface area contributed by atoms with Gasteiger partial charge in [-0.2, -0.15) is 0 Å². The molecule has 6 rings (SSSR count). The van der Waals surface area contributed by atoms with Crippen molar-refractivity contribution in [2.75, 3.05) is 19.0 Å². The van der Waals surface area contributed by atoms with Gasteiger partial charge in [0.15, 0.2) is 29.0 Å². The van der Waals surface area contributed by atoms with Crippen molar-refractivity contribution in [3.63, 3.8) is 0 Å². The van der Waals surface area contributed by atoms with Gasteiger partial charge >= 0.3 is 0 Å². The highest BCUT2D eigenvalue weighted by molar-refractivity contribution is 5.82. The number of nitrogens with one attached hydrogen (secondary N) is 1. The number of methoxy groups -OCH3 is 1. The Morgan fingerprint density at radius 3 is 2.41 bits per heavy atom. The normalized spacial score (nSPS) is 23.6. The lowest BCUT2D eigenvalue weighted by Crippen LogP contribution is -2.31. The van der Waals surface area contributed by atoms with Gasteiger partial charge < -0.3 is 34.1 Å². The highest BCUT2D eigenvalue weighted by Gasteiger charge is 2.56. The van der Waals surface area contributed by atoms with Crippen LogP contribution in [-0.2, 0) is 27.4 Å². The third kappa shape index (κ3) is 5.13. The van der Waals surface area contributed by atoms with Crippen LogP contribution in [0.2, 0.25) is 0 Å². The van der Waals surface area contributed by atoms with E-state index in [-0.39, 0.29) is 12.7 Å². The average Bonchev–Trinajstić information content (AvgIpc) is 3.62. The van der Waals surface area contributed by atoms with E-state index in [1.54, 1.807) is 13.4 Å². The maximum absolute atomic E-state index is 9.82. The van der Waals surface area contributed by atoms with Gasteiger partial charge in [0.2, 0.25) is 0 Å². The molecule has 2 aliphatic heterocycles. The Balaban J connectivity index is 1.11. The SMILES string of the molecule is COc1ccc(COc2ccc(CNc3ncnc4c3ncn4[C@@H]3O[C@H](CO)C4OC(C)(C)O[C@@H]43)cc2)cc1. The Kier molecular flexibility index (Phi) is 6.81. The fourth-order valence-electron chi connectivity index (χ4n) is 4.98. The summed E-state index contributed by atoms with van der Waals surface area (Å²) in [5.41, 5.74) is 3.34. The third-order valence-electron chi connectivity index (χ3n) is 6.89. The predicted octanol–water partition coefficient (Wildman–Crippen LogP) is 3.44. The van der Waals surface area contributed by atoms with Gasteiger partial charge in [0.25, 0.3) is 0 Å². The largest absolute Gasteiger partial charge is 0.497 e. The van der Waals surface area contributed by atoms with E-state index >= 15 is 0 Å². The van der Waals surface area contributed by atoms with Crippen LogP contribution in [0.3, 0.4) is 0 Å². The smallest absolute Gasteiger partial charge is 0.167 e. The van der Waals surface area contributed by atoms with Crippen LogP contribution in [0.15, 0.2) is 61.2 Å². The molecule has 11 nitrogen and oxygen atoms in total. The van der Waals surface area contributed by atoms with Crippen molar-refractivity contribution < 1.29 is 28.8 Å². The van der Waals surface area contributed by atoms with Crippen LogP contribution in [0.25, 0.3) is 11.2 Å². The van der Waals surface area contributed by atoms with Crippen molar-refractivity contribution in [1.82, 2.24) is 19.5 Å². The summed E-state index contributed by atoms with van der Waals surface area (Å²) in [7, 11) is 1.65. The fourth-order valence-corrected chi connectivity index (χ4v) is 4.98. The van der Waals surface area contributed by atoms with Crippen molar-refractivity contribution >= 4 is 17.0 Å². The number of hydrogen-bond donors (Lipinski definition) is 2. The molecule has 4 aromatic rings. The van der Waals surface area contributed by atoms with Crippen LogP contribution in [-0.4, -0.2) is 62.4 Å². The Labute approximate surface area is 225 Å². The van der Waals surface area contributed by atoms with Crippen molar-refractivity contribution in [3.8, 4) is 11.5 Å². The molecule has 0 amide bonds. The maximum Gasteiger partial charge on any atom is 0.167 e. The summed E-state index contributed by atoms with van der Waals surface area (Å²) in [5.74, 6) is 1.45. The van der Waals surface area contributed by atoms with Gasteiger partial charge in [0.1, 0.15) is 42.7 Å². The van der Waals surface area contributed by atoms with Crippen molar-refractivity contribution in [1.29, 1.82) is 0 Å². The molecular weight excluding hydrogens is 502 g/mol. The average molecular weight is 534 g/mol. The summed E-state index contributed by atoms with van der Waals surface area (Å²) in [6.07, 6.45) is 1.34. The van der Waals surface area contributed by atoms with Gasteiger partial charge in [-0.1, -0.05) is 24.3 Å². The lowest BCUT2D eigenvalue weighted by molar-refractivity contribution is -0.199. The molecule has 2 aliphatic rings. The van der Waals surface area contributed by atoms with Crippen LogP contribution >= 0.6 is 0 Å².